The number of hydrogen-bond acceptors (Lipinski definition) is 4. The number of H-pyrrole nitrogens is 1. The highest BCUT2D eigenvalue weighted by Gasteiger charge is 2.15. The van der Waals surface area contributed by atoms with Gasteiger partial charge in [0.05, 0.1) is 18.8 Å². The highest BCUT2D eigenvalue weighted by Crippen LogP contribution is 2.19. The second-order valence-corrected chi connectivity index (χ2v) is 4.57. The van der Waals surface area contributed by atoms with E-state index in [4.69, 9.17) is 17.0 Å². The third-order valence-corrected chi connectivity index (χ3v) is 3.31. The second-order valence-electron chi connectivity index (χ2n) is 4.19. The molecule has 0 radical (unpaired) electrons. The van der Waals surface area contributed by atoms with Crippen LogP contribution in [0, 0.1) is 4.77 Å². The fourth-order valence-electron chi connectivity index (χ4n) is 1.97. The van der Waals surface area contributed by atoms with Gasteiger partial charge in [-0.1, -0.05) is 6.92 Å². The predicted octanol–water partition coefficient (Wildman–Crippen LogP) is 2.03. The normalized spacial score (nSPS) is 11.1. The van der Waals surface area contributed by atoms with Crippen molar-refractivity contribution in [2.45, 2.75) is 33.4 Å². The number of nitrogens with zero attached hydrogens (tertiary/aromatic N) is 4. The van der Waals surface area contributed by atoms with Gasteiger partial charge in [0, 0.05) is 13.7 Å². The summed E-state index contributed by atoms with van der Waals surface area (Å²) in [6, 6.07) is 2.07. The van der Waals surface area contributed by atoms with Gasteiger partial charge in [-0.3, -0.25) is 14.3 Å². The molecule has 0 aliphatic rings. The molecule has 0 saturated carbocycles. The number of hydrogen-bond donors (Lipinski definition) is 1. The highest BCUT2D eigenvalue weighted by molar-refractivity contribution is 7.71. The zero-order valence-corrected chi connectivity index (χ0v) is 12.3. The average molecular weight is 281 g/mol. The van der Waals surface area contributed by atoms with Crippen molar-refractivity contribution < 1.29 is 4.74 Å². The van der Waals surface area contributed by atoms with Gasteiger partial charge in [-0.2, -0.15) is 10.2 Å². The van der Waals surface area contributed by atoms with E-state index in [2.05, 4.69) is 35.2 Å². The Kier molecular flexibility index (Phi) is 4.49. The topological polar surface area (TPSA) is 60.7 Å². The molecule has 6 nitrogen and oxygen atoms in total. The van der Waals surface area contributed by atoms with Gasteiger partial charge in [-0.25, -0.2) is 0 Å². The number of methoxy groups -OCH3 is 1. The van der Waals surface area contributed by atoms with Gasteiger partial charge in [-0.05, 0) is 31.6 Å². The first-order valence-electron chi connectivity index (χ1n) is 6.42. The summed E-state index contributed by atoms with van der Waals surface area (Å²) in [6.07, 6.45) is 0.906. The lowest BCUT2D eigenvalue weighted by Gasteiger charge is -2.07. The monoisotopic (exact) mass is 281 g/mol. The van der Waals surface area contributed by atoms with Crippen LogP contribution in [-0.2, 0) is 24.2 Å². The Bertz CT molecular complexity index is 598. The van der Waals surface area contributed by atoms with E-state index in [1.807, 2.05) is 9.25 Å². The Morgan fingerprint density at radius 1 is 1.42 bits per heavy atom. The van der Waals surface area contributed by atoms with Gasteiger partial charge in [0.15, 0.2) is 10.6 Å². The van der Waals surface area contributed by atoms with Crippen LogP contribution in [0.2, 0.25) is 0 Å². The number of aromatic nitrogens is 5. The van der Waals surface area contributed by atoms with Crippen molar-refractivity contribution in [3.05, 3.63) is 16.5 Å². The Morgan fingerprint density at radius 2 is 2.21 bits per heavy atom. The van der Waals surface area contributed by atoms with Crippen LogP contribution in [0.3, 0.4) is 0 Å². The van der Waals surface area contributed by atoms with Crippen molar-refractivity contribution in [2.24, 2.45) is 0 Å². The number of nitrogens with one attached hydrogen (secondary N) is 1. The third kappa shape index (κ3) is 2.76. The number of aryl methyl sites for hydroxylation is 2. The summed E-state index contributed by atoms with van der Waals surface area (Å²) in [7, 11) is 1.68. The third-order valence-electron chi connectivity index (χ3n) is 3.00. The fraction of sp³-hybridized carbons (Fsp3) is 0.583. The first-order chi connectivity index (χ1) is 9.21. The smallest absolute Gasteiger partial charge is 0.195 e. The molecule has 19 heavy (non-hydrogen) atoms. The summed E-state index contributed by atoms with van der Waals surface area (Å²) >= 11 is 5.26. The molecule has 104 valence electrons. The maximum atomic E-state index is 5.26. The molecule has 0 aliphatic carbocycles. The van der Waals surface area contributed by atoms with Crippen LogP contribution in [0.15, 0.2) is 6.07 Å². The van der Waals surface area contributed by atoms with Gasteiger partial charge in [0.2, 0.25) is 0 Å². The lowest BCUT2D eigenvalue weighted by molar-refractivity contribution is 0.187. The van der Waals surface area contributed by atoms with Crippen molar-refractivity contribution in [3.8, 4) is 11.5 Å². The zero-order valence-electron chi connectivity index (χ0n) is 11.5. The van der Waals surface area contributed by atoms with Gasteiger partial charge in [0.1, 0.15) is 5.69 Å². The van der Waals surface area contributed by atoms with Crippen molar-refractivity contribution >= 4 is 12.2 Å². The van der Waals surface area contributed by atoms with Crippen molar-refractivity contribution in [1.29, 1.82) is 0 Å². The van der Waals surface area contributed by atoms with E-state index < -0.39 is 0 Å². The quantitative estimate of drug-likeness (QED) is 0.823. The molecule has 0 spiro atoms. The maximum absolute atomic E-state index is 5.26. The number of rotatable bonds is 6. The van der Waals surface area contributed by atoms with Crippen LogP contribution in [0.4, 0.5) is 0 Å². The van der Waals surface area contributed by atoms with Crippen LogP contribution in [0.1, 0.15) is 19.5 Å². The molecule has 0 amide bonds. The Hall–Kier alpha value is -1.47. The van der Waals surface area contributed by atoms with Crippen molar-refractivity contribution in [1.82, 2.24) is 24.5 Å². The molecule has 0 aromatic carbocycles. The van der Waals surface area contributed by atoms with Crippen LogP contribution >= 0.6 is 12.2 Å². The van der Waals surface area contributed by atoms with E-state index in [0.717, 1.165) is 30.2 Å². The molecular weight excluding hydrogens is 262 g/mol. The van der Waals surface area contributed by atoms with E-state index in [0.29, 0.717) is 17.9 Å². The molecule has 2 aromatic heterocycles. The number of aromatic amines is 1. The Balaban J connectivity index is 2.46. The fourth-order valence-corrected chi connectivity index (χ4v) is 2.19. The van der Waals surface area contributed by atoms with E-state index >= 15 is 0 Å². The first-order valence-corrected chi connectivity index (χ1v) is 6.83. The molecule has 0 unspecified atom stereocenters. The largest absolute Gasteiger partial charge is 0.383 e. The van der Waals surface area contributed by atoms with Gasteiger partial charge >= 0.3 is 0 Å². The lowest BCUT2D eigenvalue weighted by atomic mass is 10.3. The Morgan fingerprint density at radius 3 is 2.84 bits per heavy atom. The van der Waals surface area contributed by atoms with Gasteiger partial charge in [-0.15, -0.1) is 0 Å². The minimum Gasteiger partial charge on any atom is -0.383 e. The minimum atomic E-state index is 0.599. The van der Waals surface area contributed by atoms with E-state index in [1.165, 1.54) is 0 Å². The highest BCUT2D eigenvalue weighted by atomic mass is 32.1. The summed E-state index contributed by atoms with van der Waals surface area (Å²) in [6.45, 7) is 6.24. The van der Waals surface area contributed by atoms with Gasteiger partial charge < -0.3 is 4.74 Å². The first kappa shape index (κ1) is 14.0. The summed E-state index contributed by atoms with van der Waals surface area (Å²) in [5.41, 5.74) is 2.05. The molecule has 2 aromatic rings. The predicted molar refractivity (Wildman–Crippen MR) is 75.6 cm³/mol. The van der Waals surface area contributed by atoms with Gasteiger partial charge in [0.25, 0.3) is 0 Å². The molecule has 0 saturated heterocycles. The standard InChI is InChI=1S/C12H19N5OS/c1-4-9-8-10(17(5-2)15-9)11-13-14-12(19)16(11)6-7-18-3/h8H,4-7H2,1-3H3,(H,14,19). The van der Waals surface area contributed by atoms with Crippen molar-refractivity contribution in [2.75, 3.05) is 13.7 Å². The molecule has 0 atom stereocenters. The summed E-state index contributed by atoms with van der Waals surface area (Å²) < 4.78 is 9.62. The van der Waals surface area contributed by atoms with Crippen LogP contribution in [-0.4, -0.2) is 38.3 Å². The molecule has 0 bridgehead atoms. The Labute approximate surface area is 117 Å². The minimum absolute atomic E-state index is 0.599. The molecule has 1 N–H and O–H groups in total. The SMILES string of the molecule is CCc1cc(-c2n[nH]c(=S)n2CCOC)n(CC)n1. The van der Waals surface area contributed by atoms with Crippen molar-refractivity contribution in [3.63, 3.8) is 0 Å². The zero-order chi connectivity index (χ0) is 13.8. The van der Waals surface area contributed by atoms with Crippen LogP contribution in [0.25, 0.3) is 11.5 Å². The molecule has 0 fully saturated rings. The lowest BCUT2D eigenvalue weighted by Crippen LogP contribution is -2.09. The maximum Gasteiger partial charge on any atom is 0.195 e. The van der Waals surface area contributed by atoms with E-state index in [-0.39, 0.29) is 0 Å². The number of ether oxygens (including phenoxy) is 1. The van der Waals surface area contributed by atoms with E-state index in [9.17, 15) is 0 Å². The molecule has 2 heterocycles. The molecule has 7 heteroatoms. The second kappa shape index (κ2) is 6.12. The summed E-state index contributed by atoms with van der Waals surface area (Å²) in [4.78, 5) is 0. The molecule has 0 aliphatic heterocycles. The average Bonchev–Trinajstić information content (AvgIpc) is 2.99. The summed E-state index contributed by atoms with van der Waals surface area (Å²) in [5.74, 6) is 0.816. The molecular formula is C12H19N5OS. The van der Waals surface area contributed by atoms with Crippen LogP contribution < -0.4 is 0 Å². The molecule has 2 rings (SSSR count). The summed E-state index contributed by atoms with van der Waals surface area (Å²) in [5, 5.41) is 11.7. The van der Waals surface area contributed by atoms with E-state index in [1.54, 1.807) is 7.11 Å². The van der Waals surface area contributed by atoms with Crippen LogP contribution in [0.5, 0.6) is 0 Å².